The van der Waals surface area contributed by atoms with Crippen LogP contribution in [0.25, 0.3) is 23.1 Å². The number of ether oxygens (including phenoxy) is 1. The number of nitrogens with zero attached hydrogens (tertiary/aromatic N) is 4. The summed E-state index contributed by atoms with van der Waals surface area (Å²) < 4.78 is 12.0. The second kappa shape index (κ2) is 7.11. The summed E-state index contributed by atoms with van der Waals surface area (Å²) in [6.07, 6.45) is 4.64. The van der Waals surface area contributed by atoms with Crippen LogP contribution in [0.2, 0.25) is 5.15 Å². The van der Waals surface area contributed by atoms with Crippen molar-refractivity contribution in [1.29, 1.82) is 0 Å². The number of fused-ring (bicyclic) bond motifs is 1. The third-order valence-electron chi connectivity index (χ3n) is 3.48. The number of aromatic nitrogens is 4. The molecule has 4 aromatic rings. The van der Waals surface area contributed by atoms with E-state index in [-0.39, 0.29) is 12.5 Å². The highest BCUT2D eigenvalue weighted by Gasteiger charge is 2.11. The molecule has 0 fully saturated rings. The van der Waals surface area contributed by atoms with Crippen LogP contribution >= 0.6 is 22.9 Å². The monoisotopic (exact) mass is 386 g/mol. The maximum absolute atomic E-state index is 11.9. The molecule has 0 aliphatic rings. The van der Waals surface area contributed by atoms with Crippen molar-refractivity contribution in [2.75, 3.05) is 0 Å². The van der Waals surface area contributed by atoms with Crippen LogP contribution in [0.1, 0.15) is 11.6 Å². The Morgan fingerprint density at radius 3 is 3.12 bits per heavy atom. The molecule has 0 atom stereocenters. The molecule has 0 spiro atoms. The van der Waals surface area contributed by atoms with E-state index in [1.54, 1.807) is 10.5 Å². The zero-order chi connectivity index (χ0) is 17.9. The molecule has 0 bridgehead atoms. The minimum absolute atomic E-state index is 0.110. The molecular weight excluding hydrogens is 376 g/mol. The molecule has 0 aliphatic carbocycles. The molecule has 0 saturated carbocycles. The predicted molar refractivity (Wildman–Crippen MR) is 96.6 cm³/mol. The molecule has 4 heterocycles. The Hall–Kier alpha value is -2.97. The van der Waals surface area contributed by atoms with E-state index in [1.165, 1.54) is 17.4 Å². The lowest BCUT2D eigenvalue weighted by atomic mass is 10.3. The van der Waals surface area contributed by atoms with Crippen molar-refractivity contribution in [3.8, 4) is 11.4 Å². The van der Waals surface area contributed by atoms with Gasteiger partial charge in [0.1, 0.15) is 5.65 Å². The summed E-state index contributed by atoms with van der Waals surface area (Å²) >= 11 is 7.64. The third-order valence-corrected chi connectivity index (χ3v) is 4.45. The maximum atomic E-state index is 11.9. The van der Waals surface area contributed by atoms with E-state index < -0.39 is 5.97 Å². The van der Waals surface area contributed by atoms with Crippen LogP contribution < -0.4 is 0 Å². The molecule has 26 heavy (non-hydrogen) atoms. The molecule has 0 aliphatic heterocycles. The molecule has 0 saturated heterocycles. The van der Waals surface area contributed by atoms with Crippen molar-refractivity contribution in [2.24, 2.45) is 0 Å². The van der Waals surface area contributed by atoms with Gasteiger partial charge in [-0.1, -0.05) is 22.8 Å². The van der Waals surface area contributed by atoms with Gasteiger partial charge in [-0.2, -0.15) is 16.3 Å². The van der Waals surface area contributed by atoms with Crippen molar-refractivity contribution in [2.45, 2.75) is 6.61 Å². The molecular formula is C17H11ClN4O3S. The number of halogens is 1. The number of hydrogen-bond donors (Lipinski definition) is 0. The SMILES string of the molecule is O=C(/C=C/c1c(Cl)nc2ccccn12)OCc1nc(-c2ccsc2)no1. The molecule has 4 rings (SSSR count). The smallest absolute Gasteiger partial charge is 0.331 e. The summed E-state index contributed by atoms with van der Waals surface area (Å²) in [6, 6.07) is 7.41. The number of carbonyl (C=O) groups excluding carboxylic acids is 1. The number of esters is 1. The largest absolute Gasteiger partial charge is 0.452 e. The highest BCUT2D eigenvalue weighted by molar-refractivity contribution is 7.08. The fraction of sp³-hybridized carbons (Fsp3) is 0.0588. The van der Waals surface area contributed by atoms with Gasteiger partial charge >= 0.3 is 5.97 Å². The average Bonchev–Trinajstić information content (AvgIpc) is 3.37. The number of pyridine rings is 1. The molecule has 0 aromatic carbocycles. The van der Waals surface area contributed by atoms with E-state index in [0.717, 1.165) is 5.56 Å². The van der Waals surface area contributed by atoms with Gasteiger partial charge in [0.15, 0.2) is 11.8 Å². The first kappa shape index (κ1) is 16.5. The van der Waals surface area contributed by atoms with Crippen molar-refractivity contribution >= 4 is 40.6 Å². The van der Waals surface area contributed by atoms with E-state index in [9.17, 15) is 4.79 Å². The normalized spacial score (nSPS) is 11.4. The van der Waals surface area contributed by atoms with E-state index in [1.807, 2.05) is 41.2 Å². The molecule has 0 amide bonds. The van der Waals surface area contributed by atoms with Crippen LogP contribution in [0.5, 0.6) is 0 Å². The lowest BCUT2D eigenvalue weighted by Crippen LogP contribution is -2.01. The van der Waals surface area contributed by atoms with Crippen LogP contribution in [-0.4, -0.2) is 25.5 Å². The van der Waals surface area contributed by atoms with Gasteiger partial charge in [-0.3, -0.25) is 4.40 Å². The Balaban J connectivity index is 1.41. The predicted octanol–water partition coefficient (Wildman–Crippen LogP) is 3.86. The summed E-state index contributed by atoms with van der Waals surface area (Å²) in [6.45, 7) is -0.110. The molecule has 7 nitrogen and oxygen atoms in total. The first-order valence-corrected chi connectivity index (χ1v) is 8.85. The average molecular weight is 387 g/mol. The summed E-state index contributed by atoms with van der Waals surface area (Å²) in [5.41, 5.74) is 2.15. The van der Waals surface area contributed by atoms with E-state index in [4.69, 9.17) is 20.9 Å². The van der Waals surface area contributed by atoms with Crippen LogP contribution in [0.3, 0.4) is 0 Å². The van der Waals surface area contributed by atoms with Crippen molar-refractivity contribution in [1.82, 2.24) is 19.5 Å². The summed E-state index contributed by atoms with van der Waals surface area (Å²) in [4.78, 5) is 20.3. The minimum Gasteiger partial charge on any atom is -0.452 e. The lowest BCUT2D eigenvalue weighted by Gasteiger charge is -1.97. The highest BCUT2D eigenvalue weighted by atomic mass is 35.5. The highest BCUT2D eigenvalue weighted by Crippen LogP contribution is 2.20. The Kier molecular flexibility index (Phi) is 4.51. The van der Waals surface area contributed by atoms with Gasteiger partial charge in [0.05, 0.1) is 5.69 Å². The maximum Gasteiger partial charge on any atom is 0.331 e. The van der Waals surface area contributed by atoms with Gasteiger partial charge in [-0.25, -0.2) is 9.78 Å². The van der Waals surface area contributed by atoms with E-state index in [2.05, 4.69) is 15.1 Å². The number of imidazole rings is 1. The molecule has 0 radical (unpaired) electrons. The van der Waals surface area contributed by atoms with Gasteiger partial charge in [0.2, 0.25) is 5.82 Å². The fourth-order valence-electron chi connectivity index (χ4n) is 2.29. The zero-order valence-electron chi connectivity index (χ0n) is 13.2. The molecule has 0 unspecified atom stereocenters. The van der Waals surface area contributed by atoms with Crippen molar-refractivity contribution in [3.63, 3.8) is 0 Å². The molecule has 0 N–H and O–H groups in total. The number of carbonyl (C=O) groups is 1. The van der Waals surface area contributed by atoms with Crippen LogP contribution in [0, 0.1) is 0 Å². The number of rotatable bonds is 5. The first-order valence-electron chi connectivity index (χ1n) is 7.53. The van der Waals surface area contributed by atoms with Crippen molar-refractivity contribution < 1.29 is 14.1 Å². The number of hydrogen-bond acceptors (Lipinski definition) is 7. The molecule has 130 valence electrons. The van der Waals surface area contributed by atoms with E-state index in [0.29, 0.717) is 22.3 Å². The standard InChI is InChI=1S/C17H11ClN4O3S/c18-16-12(22-7-2-1-3-13(22)19-16)4-5-15(23)24-9-14-20-17(21-25-14)11-6-8-26-10-11/h1-8,10H,9H2/b5-4+. The Morgan fingerprint density at radius 1 is 1.35 bits per heavy atom. The van der Waals surface area contributed by atoms with Crippen LogP contribution in [-0.2, 0) is 16.1 Å². The first-order chi connectivity index (χ1) is 12.7. The topological polar surface area (TPSA) is 82.5 Å². The van der Waals surface area contributed by atoms with Gasteiger partial charge < -0.3 is 9.26 Å². The summed E-state index contributed by atoms with van der Waals surface area (Å²) in [7, 11) is 0. The lowest BCUT2D eigenvalue weighted by molar-refractivity contribution is -0.139. The quantitative estimate of drug-likeness (QED) is 0.382. The van der Waals surface area contributed by atoms with Crippen LogP contribution in [0.15, 0.2) is 51.8 Å². The van der Waals surface area contributed by atoms with Crippen molar-refractivity contribution in [3.05, 3.63) is 64.0 Å². The van der Waals surface area contributed by atoms with E-state index >= 15 is 0 Å². The van der Waals surface area contributed by atoms with Gasteiger partial charge in [0.25, 0.3) is 5.89 Å². The number of thiophene rings is 1. The Morgan fingerprint density at radius 2 is 2.27 bits per heavy atom. The summed E-state index contributed by atoms with van der Waals surface area (Å²) in [5, 5.41) is 7.98. The minimum atomic E-state index is -0.553. The fourth-order valence-corrected chi connectivity index (χ4v) is 3.16. The van der Waals surface area contributed by atoms with Gasteiger partial charge in [-0.15, -0.1) is 0 Å². The summed E-state index contributed by atoms with van der Waals surface area (Å²) in [5.74, 6) is 0.133. The molecule has 9 heteroatoms. The second-order valence-corrected chi connectivity index (χ2v) is 6.32. The Bertz CT molecular complexity index is 1080. The third kappa shape index (κ3) is 3.37. The van der Waals surface area contributed by atoms with Gasteiger partial charge in [0, 0.05) is 23.2 Å². The Labute approximate surface area is 156 Å². The second-order valence-electron chi connectivity index (χ2n) is 5.18. The van der Waals surface area contributed by atoms with Gasteiger partial charge in [-0.05, 0) is 29.7 Å². The molecule has 4 aromatic heterocycles. The zero-order valence-corrected chi connectivity index (χ0v) is 14.8. The van der Waals surface area contributed by atoms with Crippen LogP contribution in [0.4, 0.5) is 0 Å².